The number of phenols is 6. The standard InChI is InChI=1S/C34H36O10/c1-17(21-13-26(41-3)32(38)27(14-21)42-4)30-20(9-7-19-8-10-23(35)24(36)11-19)12-25(37)31(34(30)40)18(2)22-15-28(43-5)33(39)29(16-22)44-6/h7-18,35-40H,1-6H3/b9-7+. The number of ether oxygens (including phenoxy) is 4. The third kappa shape index (κ3) is 5.92. The summed E-state index contributed by atoms with van der Waals surface area (Å²) in [5.41, 5.74) is 2.92. The van der Waals surface area contributed by atoms with Crippen LogP contribution >= 0.6 is 0 Å². The summed E-state index contributed by atoms with van der Waals surface area (Å²) in [5, 5.41) is 63.8. The molecule has 4 rings (SSSR count). The second-order valence-electron chi connectivity index (χ2n) is 10.2. The van der Waals surface area contributed by atoms with Gasteiger partial charge in [-0.15, -0.1) is 0 Å². The molecule has 232 valence electrons. The van der Waals surface area contributed by atoms with Crippen molar-refractivity contribution in [2.45, 2.75) is 25.7 Å². The van der Waals surface area contributed by atoms with Crippen molar-refractivity contribution >= 4 is 12.2 Å². The van der Waals surface area contributed by atoms with Crippen molar-refractivity contribution in [3.8, 4) is 57.5 Å². The Balaban J connectivity index is 1.95. The molecule has 0 saturated heterocycles. The average Bonchev–Trinajstić information content (AvgIpc) is 3.01. The highest BCUT2D eigenvalue weighted by atomic mass is 16.5. The van der Waals surface area contributed by atoms with Crippen LogP contribution in [0.5, 0.6) is 57.5 Å². The van der Waals surface area contributed by atoms with E-state index in [1.54, 1.807) is 49.4 Å². The molecule has 6 N–H and O–H groups in total. The van der Waals surface area contributed by atoms with Crippen molar-refractivity contribution in [2.24, 2.45) is 0 Å². The van der Waals surface area contributed by atoms with Gasteiger partial charge in [-0.3, -0.25) is 0 Å². The highest BCUT2D eigenvalue weighted by Crippen LogP contribution is 2.49. The largest absolute Gasteiger partial charge is 0.507 e. The number of rotatable bonds is 10. The maximum absolute atomic E-state index is 11.9. The van der Waals surface area contributed by atoms with Gasteiger partial charge in [-0.05, 0) is 64.7 Å². The number of benzene rings is 4. The van der Waals surface area contributed by atoms with E-state index in [0.717, 1.165) is 0 Å². The van der Waals surface area contributed by atoms with Gasteiger partial charge in [0.05, 0.1) is 28.4 Å². The summed E-state index contributed by atoms with van der Waals surface area (Å²) in [6, 6.07) is 12.3. The van der Waals surface area contributed by atoms with E-state index in [9.17, 15) is 30.6 Å². The first-order valence-electron chi connectivity index (χ1n) is 13.6. The summed E-state index contributed by atoms with van der Waals surface area (Å²) < 4.78 is 21.3. The van der Waals surface area contributed by atoms with Gasteiger partial charge in [-0.2, -0.15) is 0 Å². The third-order valence-corrected chi connectivity index (χ3v) is 7.71. The van der Waals surface area contributed by atoms with Crippen LogP contribution in [0.15, 0.2) is 48.5 Å². The number of methoxy groups -OCH3 is 4. The Morgan fingerprint density at radius 3 is 1.39 bits per heavy atom. The third-order valence-electron chi connectivity index (χ3n) is 7.71. The lowest BCUT2D eigenvalue weighted by molar-refractivity contribution is 0.338. The second-order valence-corrected chi connectivity index (χ2v) is 10.2. The zero-order valence-corrected chi connectivity index (χ0v) is 25.2. The van der Waals surface area contributed by atoms with E-state index in [-0.39, 0.29) is 63.1 Å². The fourth-order valence-electron chi connectivity index (χ4n) is 5.22. The van der Waals surface area contributed by atoms with Crippen LogP contribution in [-0.2, 0) is 0 Å². The van der Waals surface area contributed by atoms with Crippen molar-refractivity contribution in [1.82, 2.24) is 0 Å². The lowest BCUT2D eigenvalue weighted by Gasteiger charge is -2.24. The first kappa shape index (κ1) is 31.6. The molecule has 44 heavy (non-hydrogen) atoms. The summed E-state index contributed by atoms with van der Waals surface area (Å²) >= 11 is 0. The number of hydrogen-bond donors (Lipinski definition) is 6. The Morgan fingerprint density at radius 2 is 0.955 bits per heavy atom. The second kappa shape index (κ2) is 12.9. The smallest absolute Gasteiger partial charge is 0.200 e. The molecule has 0 bridgehead atoms. The number of aromatic hydroxyl groups is 6. The van der Waals surface area contributed by atoms with Gasteiger partial charge in [-0.1, -0.05) is 32.1 Å². The molecule has 0 aliphatic heterocycles. The van der Waals surface area contributed by atoms with Gasteiger partial charge in [0.2, 0.25) is 11.5 Å². The quantitative estimate of drug-likeness (QED) is 0.0880. The van der Waals surface area contributed by atoms with Crippen LogP contribution in [0.4, 0.5) is 0 Å². The van der Waals surface area contributed by atoms with Crippen LogP contribution in [0, 0.1) is 0 Å². The van der Waals surface area contributed by atoms with Gasteiger partial charge in [0.25, 0.3) is 0 Å². The van der Waals surface area contributed by atoms with Crippen molar-refractivity contribution in [1.29, 1.82) is 0 Å². The highest BCUT2D eigenvalue weighted by molar-refractivity contribution is 5.77. The van der Waals surface area contributed by atoms with Gasteiger partial charge in [-0.25, -0.2) is 0 Å². The summed E-state index contributed by atoms with van der Waals surface area (Å²) in [6.07, 6.45) is 3.34. The molecule has 2 atom stereocenters. The van der Waals surface area contributed by atoms with E-state index < -0.39 is 11.8 Å². The van der Waals surface area contributed by atoms with E-state index in [2.05, 4.69) is 0 Å². The minimum absolute atomic E-state index is 0.166. The van der Waals surface area contributed by atoms with Crippen LogP contribution in [0.2, 0.25) is 0 Å². The van der Waals surface area contributed by atoms with Crippen LogP contribution in [-0.4, -0.2) is 59.1 Å². The van der Waals surface area contributed by atoms with Crippen molar-refractivity contribution < 1.29 is 49.6 Å². The topological polar surface area (TPSA) is 158 Å². The monoisotopic (exact) mass is 604 g/mol. The van der Waals surface area contributed by atoms with E-state index in [1.165, 1.54) is 46.6 Å². The maximum Gasteiger partial charge on any atom is 0.200 e. The zero-order chi connectivity index (χ0) is 32.3. The predicted octanol–water partition coefficient (Wildman–Crippen LogP) is 6.43. The van der Waals surface area contributed by atoms with Crippen LogP contribution in [0.3, 0.4) is 0 Å². The Labute approximate surface area is 255 Å². The molecular formula is C34H36O10. The lowest BCUT2D eigenvalue weighted by atomic mass is 9.82. The summed E-state index contributed by atoms with van der Waals surface area (Å²) in [7, 11) is 5.66. The zero-order valence-electron chi connectivity index (χ0n) is 25.2. The van der Waals surface area contributed by atoms with E-state index in [0.29, 0.717) is 27.8 Å². The molecule has 0 aromatic heterocycles. The van der Waals surface area contributed by atoms with E-state index in [4.69, 9.17) is 18.9 Å². The van der Waals surface area contributed by atoms with Crippen molar-refractivity contribution in [3.63, 3.8) is 0 Å². The molecule has 0 amide bonds. The first-order valence-corrected chi connectivity index (χ1v) is 13.6. The molecule has 0 fully saturated rings. The van der Waals surface area contributed by atoms with Crippen LogP contribution in [0.1, 0.15) is 59.1 Å². The molecule has 0 spiro atoms. The molecule has 0 aliphatic rings. The Kier molecular flexibility index (Phi) is 9.23. The van der Waals surface area contributed by atoms with Gasteiger partial charge < -0.3 is 49.6 Å². The average molecular weight is 605 g/mol. The van der Waals surface area contributed by atoms with Crippen molar-refractivity contribution in [2.75, 3.05) is 28.4 Å². The van der Waals surface area contributed by atoms with Crippen molar-refractivity contribution in [3.05, 3.63) is 81.9 Å². The molecule has 10 heteroatoms. The molecular weight excluding hydrogens is 568 g/mol. The van der Waals surface area contributed by atoms with Crippen LogP contribution < -0.4 is 18.9 Å². The first-order chi connectivity index (χ1) is 20.9. The Morgan fingerprint density at radius 1 is 0.500 bits per heavy atom. The van der Waals surface area contributed by atoms with Gasteiger partial charge in [0.15, 0.2) is 34.5 Å². The predicted molar refractivity (Wildman–Crippen MR) is 166 cm³/mol. The fraction of sp³-hybridized carbons (Fsp3) is 0.235. The maximum atomic E-state index is 11.9. The molecule has 0 radical (unpaired) electrons. The molecule has 0 aliphatic carbocycles. The minimum Gasteiger partial charge on any atom is -0.507 e. The van der Waals surface area contributed by atoms with E-state index in [1.807, 2.05) is 6.92 Å². The SMILES string of the molecule is COc1cc(C(C)c2c(O)cc(/C=C/c3ccc(O)c(O)c3)c(C(C)c3cc(OC)c(O)c(OC)c3)c2O)cc(OC)c1O. The fourth-order valence-corrected chi connectivity index (χ4v) is 5.22. The van der Waals surface area contributed by atoms with Gasteiger partial charge in [0, 0.05) is 23.0 Å². The summed E-state index contributed by atoms with van der Waals surface area (Å²) in [6.45, 7) is 3.64. The molecule has 0 saturated carbocycles. The highest BCUT2D eigenvalue weighted by Gasteiger charge is 2.28. The number of hydrogen-bond acceptors (Lipinski definition) is 10. The lowest BCUT2D eigenvalue weighted by Crippen LogP contribution is -2.06. The van der Waals surface area contributed by atoms with Gasteiger partial charge >= 0.3 is 0 Å². The summed E-state index contributed by atoms with van der Waals surface area (Å²) in [5.74, 6) is -1.71. The number of phenolic OH excluding ortho intramolecular Hbond substituents is 6. The Bertz CT molecular complexity index is 1660. The molecule has 2 unspecified atom stereocenters. The van der Waals surface area contributed by atoms with Gasteiger partial charge in [0.1, 0.15) is 11.5 Å². The van der Waals surface area contributed by atoms with Crippen LogP contribution in [0.25, 0.3) is 12.2 Å². The molecule has 4 aromatic carbocycles. The minimum atomic E-state index is -0.597. The molecule has 10 nitrogen and oxygen atoms in total. The summed E-state index contributed by atoms with van der Waals surface area (Å²) in [4.78, 5) is 0. The Hall–Kier alpha value is -5.38. The normalized spacial score (nSPS) is 12.6. The molecule has 4 aromatic rings. The molecule has 0 heterocycles. The van der Waals surface area contributed by atoms with E-state index >= 15 is 0 Å².